The molecule has 2 rings (SSSR count). The van der Waals surface area contributed by atoms with Gasteiger partial charge in [-0.2, -0.15) is 0 Å². The first-order chi connectivity index (χ1) is 10.7. The molecule has 0 radical (unpaired) electrons. The minimum absolute atomic E-state index is 0.0846. The summed E-state index contributed by atoms with van der Waals surface area (Å²) in [5.74, 6) is 0.940. The molecule has 0 aromatic heterocycles. The van der Waals surface area contributed by atoms with Crippen LogP contribution < -0.4 is 10.6 Å². The lowest BCUT2D eigenvalue weighted by atomic mass is 9.84. The molecule has 1 aliphatic heterocycles. The van der Waals surface area contributed by atoms with E-state index in [-0.39, 0.29) is 11.5 Å². The second-order valence-corrected chi connectivity index (χ2v) is 7.10. The fraction of sp³-hybridized carbons (Fsp3) is 0.944. The van der Waals surface area contributed by atoms with E-state index in [1.807, 2.05) is 0 Å². The van der Waals surface area contributed by atoms with Gasteiger partial charge in [-0.3, -0.25) is 4.79 Å². The number of piperidine rings is 1. The van der Waals surface area contributed by atoms with Crippen molar-refractivity contribution in [2.24, 2.45) is 5.92 Å². The molecule has 2 N–H and O–H groups in total. The Balaban J connectivity index is 1.69. The number of ether oxygens (including phenoxy) is 1. The van der Waals surface area contributed by atoms with Crippen LogP contribution >= 0.6 is 0 Å². The molecule has 1 saturated carbocycles. The van der Waals surface area contributed by atoms with Gasteiger partial charge in [-0.25, -0.2) is 0 Å². The maximum atomic E-state index is 12.2. The monoisotopic (exact) mass is 310 g/mol. The zero-order chi connectivity index (χ0) is 15.7. The quantitative estimate of drug-likeness (QED) is 0.724. The highest BCUT2D eigenvalue weighted by molar-refractivity contribution is 5.75. The van der Waals surface area contributed by atoms with E-state index in [2.05, 4.69) is 17.6 Å². The van der Waals surface area contributed by atoms with Crippen molar-refractivity contribution in [2.75, 3.05) is 26.2 Å². The van der Waals surface area contributed by atoms with Crippen molar-refractivity contribution in [3.8, 4) is 0 Å². The molecule has 0 aromatic carbocycles. The van der Waals surface area contributed by atoms with E-state index in [9.17, 15) is 4.79 Å². The van der Waals surface area contributed by atoms with Crippen LogP contribution in [-0.2, 0) is 9.53 Å². The molecule has 4 nitrogen and oxygen atoms in total. The Hall–Kier alpha value is -0.610. The first-order valence-electron chi connectivity index (χ1n) is 9.35. The molecule has 0 aromatic rings. The van der Waals surface area contributed by atoms with E-state index in [0.29, 0.717) is 13.0 Å². The van der Waals surface area contributed by atoms with Crippen LogP contribution in [0.25, 0.3) is 0 Å². The van der Waals surface area contributed by atoms with Gasteiger partial charge in [-0.1, -0.05) is 26.2 Å². The predicted octanol–water partition coefficient (Wildman–Crippen LogP) is 3.01. The minimum atomic E-state index is -0.0846. The lowest BCUT2D eigenvalue weighted by molar-refractivity contribution is -0.124. The third-order valence-electron chi connectivity index (χ3n) is 5.22. The molecular formula is C18H34N2O2. The molecule has 1 saturated heterocycles. The number of carbonyl (C=O) groups excluding carboxylic acids is 1. The molecule has 128 valence electrons. The van der Waals surface area contributed by atoms with Crippen LogP contribution in [0.15, 0.2) is 0 Å². The van der Waals surface area contributed by atoms with Gasteiger partial charge >= 0.3 is 0 Å². The summed E-state index contributed by atoms with van der Waals surface area (Å²) in [6.45, 7) is 5.89. The largest absolute Gasteiger partial charge is 0.373 e. The molecular weight excluding hydrogens is 276 g/mol. The minimum Gasteiger partial charge on any atom is -0.373 e. The first kappa shape index (κ1) is 17.7. The van der Waals surface area contributed by atoms with E-state index in [0.717, 1.165) is 51.3 Å². The number of nitrogens with one attached hydrogen (secondary N) is 2. The van der Waals surface area contributed by atoms with Gasteiger partial charge in [0, 0.05) is 19.6 Å². The summed E-state index contributed by atoms with van der Waals surface area (Å²) in [7, 11) is 0. The Morgan fingerprint density at radius 2 is 1.95 bits per heavy atom. The third kappa shape index (κ3) is 5.88. The average molecular weight is 310 g/mol. The lowest BCUT2D eigenvalue weighted by Gasteiger charge is -2.37. The van der Waals surface area contributed by atoms with Gasteiger partial charge in [0.1, 0.15) is 0 Å². The Bertz CT molecular complexity index is 321. The molecule has 2 fully saturated rings. The smallest absolute Gasteiger partial charge is 0.220 e. The molecule has 1 aliphatic carbocycles. The number of carbonyl (C=O) groups is 1. The summed E-state index contributed by atoms with van der Waals surface area (Å²) in [5.41, 5.74) is -0.0846. The molecule has 0 atom stereocenters. The summed E-state index contributed by atoms with van der Waals surface area (Å²) < 4.78 is 6.14. The standard InChI is InChI=1S/C18H34N2O2/c1-2-14-22-18(10-4-3-5-11-18)15-20-17(21)7-6-16-8-12-19-13-9-16/h16,19H,2-15H2,1H3,(H,20,21). The van der Waals surface area contributed by atoms with E-state index in [1.165, 1.54) is 32.1 Å². The fourth-order valence-electron chi connectivity index (χ4n) is 3.74. The average Bonchev–Trinajstić information content (AvgIpc) is 2.58. The number of hydrogen-bond donors (Lipinski definition) is 2. The van der Waals surface area contributed by atoms with Crippen LogP contribution in [0.1, 0.15) is 71.1 Å². The molecule has 1 amide bonds. The fourth-order valence-corrected chi connectivity index (χ4v) is 3.74. The Morgan fingerprint density at radius 1 is 1.23 bits per heavy atom. The molecule has 1 heterocycles. The highest BCUT2D eigenvalue weighted by atomic mass is 16.5. The zero-order valence-corrected chi connectivity index (χ0v) is 14.3. The second kappa shape index (κ2) is 9.51. The maximum Gasteiger partial charge on any atom is 0.220 e. The van der Waals surface area contributed by atoms with Gasteiger partial charge in [0.05, 0.1) is 5.60 Å². The number of amides is 1. The Labute approximate surface area is 135 Å². The van der Waals surface area contributed by atoms with Crippen molar-refractivity contribution in [1.82, 2.24) is 10.6 Å². The van der Waals surface area contributed by atoms with Gasteiger partial charge < -0.3 is 15.4 Å². The van der Waals surface area contributed by atoms with Gasteiger partial charge in [-0.15, -0.1) is 0 Å². The maximum absolute atomic E-state index is 12.2. The van der Waals surface area contributed by atoms with Crippen molar-refractivity contribution >= 4 is 5.91 Å². The zero-order valence-electron chi connectivity index (χ0n) is 14.3. The summed E-state index contributed by atoms with van der Waals surface area (Å²) in [5, 5.41) is 6.54. The van der Waals surface area contributed by atoms with E-state index in [1.54, 1.807) is 0 Å². The van der Waals surface area contributed by atoms with Gasteiger partial charge in [0.25, 0.3) is 0 Å². The molecule has 2 aliphatic rings. The predicted molar refractivity (Wildman–Crippen MR) is 89.9 cm³/mol. The summed E-state index contributed by atoms with van der Waals surface area (Å²) in [6, 6.07) is 0. The first-order valence-corrected chi connectivity index (χ1v) is 9.35. The van der Waals surface area contributed by atoms with Crippen LogP contribution in [0.4, 0.5) is 0 Å². The highest BCUT2D eigenvalue weighted by Crippen LogP contribution is 2.31. The molecule has 4 heteroatoms. The third-order valence-corrected chi connectivity index (χ3v) is 5.22. The SMILES string of the molecule is CCCOC1(CNC(=O)CCC2CCNCC2)CCCCC1. The topological polar surface area (TPSA) is 50.4 Å². The van der Waals surface area contributed by atoms with Crippen LogP contribution in [0.5, 0.6) is 0 Å². The van der Waals surface area contributed by atoms with Gasteiger partial charge in [0.2, 0.25) is 5.91 Å². The van der Waals surface area contributed by atoms with Crippen LogP contribution in [-0.4, -0.2) is 37.7 Å². The molecule has 0 unspecified atom stereocenters. The summed E-state index contributed by atoms with van der Waals surface area (Å²) in [6.07, 6.45) is 11.2. The van der Waals surface area contributed by atoms with Crippen molar-refractivity contribution in [3.63, 3.8) is 0 Å². The summed E-state index contributed by atoms with van der Waals surface area (Å²) >= 11 is 0. The van der Waals surface area contributed by atoms with E-state index < -0.39 is 0 Å². The number of rotatable bonds is 8. The van der Waals surface area contributed by atoms with Crippen LogP contribution in [0.2, 0.25) is 0 Å². The second-order valence-electron chi connectivity index (χ2n) is 7.10. The van der Waals surface area contributed by atoms with Gasteiger partial charge in [-0.05, 0) is 57.5 Å². The van der Waals surface area contributed by atoms with Crippen LogP contribution in [0.3, 0.4) is 0 Å². The normalized spacial score (nSPS) is 22.4. The van der Waals surface area contributed by atoms with Crippen molar-refractivity contribution in [3.05, 3.63) is 0 Å². The molecule has 22 heavy (non-hydrogen) atoms. The Kier molecular flexibility index (Phi) is 7.67. The highest BCUT2D eigenvalue weighted by Gasteiger charge is 2.33. The van der Waals surface area contributed by atoms with Crippen molar-refractivity contribution < 1.29 is 9.53 Å². The lowest BCUT2D eigenvalue weighted by Crippen LogP contribution is -2.46. The van der Waals surface area contributed by atoms with Crippen molar-refractivity contribution in [1.29, 1.82) is 0 Å². The van der Waals surface area contributed by atoms with E-state index >= 15 is 0 Å². The molecule has 0 bridgehead atoms. The van der Waals surface area contributed by atoms with Crippen molar-refractivity contribution in [2.45, 2.75) is 76.7 Å². The summed E-state index contributed by atoms with van der Waals surface area (Å²) in [4.78, 5) is 12.2. The molecule has 0 spiro atoms. The number of hydrogen-bond acceptors (Lipinski definition) is 3. The van der Waals surface area contributed by atoms with Gasteiger partial charge in [0.15, 0.2) is 0 Å². The van der Waals surface area contributed by atoms with Crippen LogP contribution in [0, 0.1) is 5.92 Å². The Morgan fingerprint density at radius 3 is 2.64 bits per heavy atom. The van der Waals surface area contributed by atoms with E-state index in [4.69, 9.17) is 4.74 Å².